The lowest BCUT2D eigenvalue weighted by Gasteiger charge is -2.20. The fraction of sp³-hybridized carbons (Fsp3) is 0.242. The van der Waals surface area contributed by atoms with Gasteiger partial charge in [0, 0.05) is 41.4 Å². The summed E-state index contributed by atoms with van der Waals surface area (Å²) < 4.78 is 55.6. The molecule has 14 heteroatoms. The summed E-state index contributed by atoms with van der Waals surface area (Å²) >= 11 is 0. The van der Waals surface area contributed by atoms with Crippen LogP contribution in [-0.2, 0) is 21.4 Å². The van der Waals surface area contributed by atoms with E-state index in [4.69, 9.17) is 4.98 Å². The van der Waals surface area contributed by atoms with Crippen LogP contribution in [-0.4, -0.2) is 50.7 Å². The van der Waals surface area contributed by atoms with E-state index in [2.05, 4.69) is 35.2 Å². The van der Waals surface area contributed by atoms with E-state index >= 15 is 4.39 Å². The number of sulfonamides is 1. The summed E-state index contributed by atoms with van der Waals surface area (Å²) in [5.74, 6) is -0.807. The molecule has 1 aliphatic carbocycles. The lowest BCUT2D eigenvalue weighted by molar-refractivity contribution is -0.120. The normalized spacial score (nSPS) is 14.2. The van der Waals surface area contributed by atoms with Gasteiger partial charge in [-0.3, -0.25) is 14.9 Å². The fourth-order valence-corrected chi connectivity index (χ4v) is 6.51. The van der Waals surface area contributed by atoms with Crippen molar-refractivity contribution < 1.29 is 22.0 Å². The second kappa shape index (κ2) is 12.3. The number of imidazole rings is 1. The molecule has 4 heterocycles. The summed E-state index contributed by atoms with van der Waals surface area (Å²) in [5, 5.41) is 10.5. The third kappa shape index (κ3) is 6.46. The molecule has 0 unspecified atom stereocenters. The molecule has 7 rings (SSSR count). The number of hydrogen-bond donors (Lipinski definition) is 4. The van der Waals surface area contributed by atoms with E-state index in [1.165, 1.54) is 18.2 Å². The fourth-order valence-electron chi connectivity index (χ4n) is 6.08. The third-order valence-electron chi connectivity index (χ3n) is 8.36. The van der Waals surface area contributed by atoms with Gasteiger partial charge in [0.05, 0.1) is 18.1 Å². The zero-order chi connectivity index (χ0) is 32.7. The minimum Gasteiger partial charge on any atom is -0.324 e. The Balaban J connectivity index is 1.23. The highest BCUT2D eigenvalue weighted by atomic mass is 32.2. The number of amides is 1. The Labute approximate surface area is 268 Å². The smallest absolute Gasteiger partial charge is 0.227 e. The van der Waals surface area contributed by atoms with Crippen LogP contribution in [0.3, 0.4) is 0 Å². The number of aromatic amines is 2. The molecular weight excluding hydrogens is 626 g/mol. The number of anilines is 1. The van der Waals surface area contributed by atoms with Gasteiger partial charge in [0.15, 0.2) is 11.5 Å². The molecule has 1 fully saturated rings. The quantitative estimate of drug-likeness (QED) is 0.155. The summed E-state index contributed by atoms with van der Waals surface area (Å²) in [6, 6.07) is 10.9. The first-order valence-electron chi connectivity index (χ1n) is 15.1. The highest BCUT2D eigenvalue weighted by Gasteiger charge is 2.22. The van der Waals surface area contributed by atoms with Crippen molar-refractivity contribution >= 4 is 43.7 Å². The van der Waals surface area contributed by atoms with E-state index in [-0.39, 0.29) is 23.9 Å². The molecular formula is C33H30F2N8O3S. The molecule has 1 saturated carbocycles. The first-order valence-corrected chi connectivity index (χ1v) is 17.0. The minimum atomic E-state index is -3.48. The maximum Gasteiger partial charge on any atom is 0.227 e. The van der Waals surface area contributed by atoms with Gasteiger partial charge >= 0.3 is 0 Å². The largest absolute Gasteiger partial charge is 0.324 e. The third-order valence-corrected chi connectivity index (χ3v) is 9.02. The summed E-state index contributed by atoms with van der Waals surface area (Å²) in [6.07, 6.45) is 10.7. The van der Waals surface area contributed by atoms with Crippen molar-refractivity contribution in [3.8, 4) is 33.8 Å². The van der Waals surface area contributed by atoms with Crippen LogP contribution in [0.2, 0.25) is 0 Å². The Hall–Kier alpha value is -5.08. The van der Waals surface area contributed by atoms with Gasteiger partial charge in [-0.15, -0.1) is 0 Å². The number of fused-ring (bicyclic) bond motifs is 2. The van der Waals surface area contributed by atoms with Gasteiger partial charge in [-0.1, -0.05) is 19.3 Å². The Morgan fingerprint density at radius 3 is 2.64 bits per heavy atom. The van der Waals surface area contributed by atoms with Crippen LogP contribution in [0.5, 0.6) is 0 Å². The number of aromatic nitrogens is 6. The van der Waals surface area contributed by atoms with Gasteiger partial charge in [0.2, 0.25) is 15.9 Å². The molecule has 0 saturated heterocycles. The molecule has 0 atom stereocenters. The molecule has 4 N–H and O–H groups in total. The Morgan fingerprint density at radius 2 is 1.83 bits per heavy atom. The van der Waals surface area contributed by atoms with E-state index in [9.17, 15) is 17.6 Å². The SMILES string of the molecule is CS(=O)(=O)NCc1cc(F)cc(-c2ccnc3[nH]c(-c4n[nH]c5c(F)cc(-c6cncc(NC(=O)C7CCCCC7)c6)cc45)nc23)c1. The van der Waals surface area contributed by atoms with Gasteiger partial charge < -0.3 is 10.3 Å². The van der Waals surface area contributed by atoms with Gasteiger partial charge in [0.25, 0.3) is 0 Å². The molecule has 11 nitrogen and oxygen atoms in total. The predicted molar refractivity (Wildman–Crippen MR) is 174 cm³/mol. The van der Waals surface area contributed by atoms with Crippen LogP contribution < -0.4 is 10.0 Å². The molecule has 1 amide bonds. The van der Waals surface area contributed by atoms with Crippen molar-refractivity contribution in [3.05, 3.63) is 78.3 Å². The molecule has 4 aromatic heterocycles. The molecule has 1 aliphatic rings. The number of benzene rings is 2. The molecule has 0 aliphatic heterocycles. The van der Waals surface area contributed by atoms with Gasteiger partial charge in [-0.25, -0.2) is 31.9 Å². The van der Waals surface area contributed by atoms with Crippen LogP contribution in [0.25, 0.3) is 55.8 Å². The van der Waals surface area contributed by atoms with E-state index < -0.39 is 21.7 Å². The standard InChI is InChI=1S/C33H30F2N8O3S/c1-47(45,46)38-15-18-9-21(11-23(34)10-18)25-7-8-37-31-29(25)40-32(41-31)30-26-13-20(14-27(35)28(26)42-43-30)22-12-24(17-36-16-22)39-33(44)19-5-3-2-4-6-19/h7-14,16-17,19,38H,2-6,15H2,1H3,(H,39,44)(H,42,43)(H,37,40,41). The molecule has 240 valence electrons. The van der Waals surface area contributed by atoms with Gasteiger partial charge in [0.1, 0.15) is 28.4 Å². The number of nitrogens with zero attached hydrogens (tertiary/aromatic N) is 4. The second-order valence-electron chi connectivity index (χ2n) is 11.8. The van der Waals surface area contributed by atoms with Crippen molar-refractivity contribution in [2.45, 2.75) is 38.6 Å². The predicted octanol–water partition coefficient (Wildman–Crippen LogP) is 6.08. The number of nitrogens with one attached hydrogen (secondary N) is 4. The monoisotopic (exact) mass is 656 g/mol. The minimum absolute atomic E-state index is 0.0200. The van der Waals surface area contributed by atoms with Crippen molar-refractivity contribution in [2.75, 3.05) is 11.6 Å². The molecule has 6 aromatic rings. The van der Waals surface area contributed by atoms with Crippen LogP contribution in [0.1, 0.15) is 37.7 Å². The number of carbonyl (C=O) groups excluding carboxylic acids is 1. The van der Waals surface area contributed by atoms with Gasteiger partial charge in [-0.2, -0.15) is 5.10 Å². The van der Waals surface area contributed by atoms with Crippen LogP contribution in [0.15, 0.2) is 61.1 Å². The number of pyridine rings is 2. The second-order valence-corrected chi connectivity index (χ2v) is 13.7. The maximum absolute atomic E-state index is 15.4. The Kier molecular flexibility index (Phi) is 7.98. The summed E-state index contributed by atoms with van der Waals surface area (Å²) in [4.78, 5) is 29.4. The molecule has 0 radical (unpaired) electrons. The maximum atomic E-state index is 15.4. The van der Waals surface area contributed by atoms with Crippen LogP contribution >= 0.6 is 0 Å². The molecule has 0 spiro atoms. The number of H-pyrrole nitrogens is 2. The lowest BCUT2D eigenvalue weighted by Crippen LogP contribution is -2.24. The number of rotatable bonds is 8. The van der Waals surface area contributed by atoms with Crippen molar-refractivity contribution in [1.29, 1.82) is 0 Å². The first-order chi connectivity index (χ1) is 22.6. The van der Waals surface area contributed by atoms with Crippen LogP contribution in [0, 0.1) is 17.6 Å². The van der Waals surface area contributed by atoms with E-state index in [1.807, 2.05) is 0 Å². The summed E-state index contributed by atoms with van der Waals surface area (Å²) in [7, 11) is -3.48. The number of carbonyl (C=O) groups is 1. The number of halogens is 2. The van der Waals surface area contributed by atoms with E-state index in [0.717, 1.165) is 38.4 Å². The van der Waals surface area contributed by atoms with Gasteiger partial charge in [-0.05, 0) is 72.0 Å². The summed E-state index contributed by atoms with van der Waals surface area (Å²) in [5.41, 5.74) is 4.49. The highest BCUT2D eigenvalue weighted by Crippen LogP contribution is 2.35. The number of hydrogen-bond acceptors (Lipinski definition) is 7. The van der Waals surface area contributed by atoms with Crippen molar-refractivity contribution in [1.82, 2.24) is 34.9 Å². The molecule has 0 bridgehead atoms. The molecule has 2 aromatic carbocycles. The van der Waals surface area contributed by atoms with E-state index in [0.29, 0.717) is 61.6 Å². The lowest BCUT2D eigenvalue weighted by atomic mass is 9.88. The van der Waals surface area contributed by atoms with Crippen LogP contribution in [0.4, 0.5) is 14.5 Å². The highest BCUT2D eigenvalue weighted by molar-refractivity contribution is 7.88. The van der Waals surface area contributed by atoms with Crippen molar-refractivity contribution in [2.24, 2.45) is 5.92 Å². The van der Waals surface area contributed by atoms with Crippen molar-refractivity contribution in [3.63, 3.8) is 0 Å². The zero-order valence-electron chi connectivity index (χ0n) is 25.3. The summed E-state index contributed by atoms with van der Waals surface area (Å²) in [6.45, 7) is -0.0812. The zero-order valence-corrected chi connectivity index (χ0v) is 26.1. The van der Waals surface area contributed by atoms with E-state index in [1.54, 1.807) is 42.9 Å². The molecule has 47 heavy (non-hydrogen) atoms. The Bertz CT molecular complexity index is 2260. The average Bonchev–Trinajstić information content (AvgIpc) is 3.68. The topological polar surface area (TPSA) is 158 Å². The Morgan fingerprint density at radius 1 is 1.00 bits per heavy atom. The average molecular weight is 657 g/mol. The first kappa shape index (κ1) is 30.6.